The van der Waals surface area contributed by atoms with Crippen LogP contribution < -0.4 is 0 Å². The predicted octanol–water partition coefficient (Wildman–Crippen LogP) is 2.14. The zero-order valence-corrected chi connectivity index (χ0v) is 18.3. The molecule has 164 valence electrons. The third-order valence-electron chi connectivity index (χ3n) is 6.85. The Bertz CT molecular complexity index is 738. The molecule has 3 heterocycles. The van der Waals surface area contributed by atoms with Crippen LogP contribution in [0.5, 0.6) is 0 Å². The smallest absolute Gasteiger partial charge is 0.410 e. The predicted molar refractivity (Wildman–Crippen MR) is 116 cm³/mol. The van der Waals surface area contributed by atoms with Crippen LogP contribution in [0, 0.1) is 0 Å². The van der Waals surface area contributed by atoms with Crippen LogP contribution in [0.25, 0.3) is 0 Å². The van der Waals surface area contributed by atoms with Crippen LogP contribution in [-0.4, -0.2) is 102 Å². The van der Waals surface area contributed by atoms with Gasteiger partial charge in [-0.15, -0.1) is 0 Å². The van der Waals surface area contributed by atoms with Gasteiger partial charge in [0.25, 0.3) is 5.91 Å². The molecular weight excluding hydrogens is 380 g/mol. The summed E-state index contributed by atoms with van der Waals surface area (Å²) in [5, 5.41) is 0. The summed E-state index contributed by atoms with van der Waals surface area (Å²) in [6, 6.07) is 9.99. The molecule has 30 heavy (non-hydrogen) atoms. The number of benzene rings is 1. The van der Waals surface area contributed by atoms with Gasteiger partial charge < -0.3 is 14.5 Å². The second-order valence-electron chi connectivity index (χ2n) is 9.10. The highest BCUT2D eigenvalue weighted by molar-refractivity contribution is 5.94. The van der Waals surface area contributed by atoms with Gasteiger partial charge in [0, 0.05) is 76.8 Å². The van der Waals surface area contributed by atoms with Crippen molar-refractivity contribution in [3.05, 3.63) is 35.9 Å². The normalized spacial score (nSPS) is 22.7. The van der Waals surface area contributed by atoms with Crippen molar-refractivity contribution in [2.24, 2.45) is 0 Å². The number of rotatable bonds is 5. The highest BCUT2D eigenvalue weighted by Gasteiger charge is 2.47. The Morgan fingerprint density at radius 1 is 1.00 bits per heavy atom. The molecule has 0 aromatic heterocycles. The fourth-order valence-corrected chi connectivity index (χ4v) is 4.77. The van der Waals surface area contributed by atoms with Gasteiger partial charge >= 0.3 is 6.09 Å². The number of piperidine rings is 1. The minimum atomic E-state index is -0.430. The number of carbonyl (C=O) groups excluding carboxylic acids is 2. The van der Waals surface area contributed by atoms with Gasteiger partial charge in [0.05, 0.1) is 6.54 Å². The summed E-state index contributed by atoms with van der Waals surface area (Å²) in [5.74, 6) is 0.0622. The molecule has 7 heteroatoms. The summed E-state index contributed by atoms with van der Waals surface area (Å²) < 4.78 is 5.85. The summed E-state index contributed by atoms with van der Waals surface area (Å²) in [4.78, 5) is 33.9. The lowest BCUT2D eigenvalue weighted by atomic mass is 9.91. The number of carbonyl (C=O) groups is 2. The molecular formula is C23H34N4O3. The van der Waals surface area contributed by atoms with E-state index in [0.29, 0.717) is 38.5 Å². The van der Waals surface area contributed by atoms with Crippen LogP contribution in [0.3, 0.4) is 0 Å². The molecule has 0 atom stereocenters. The first-order valence-electron chi connectivity index (χ1n) is 11.2. The van der Waals surface area contributed by atoms with Crippen LogP contribution in [0.2, 0.25) is 0 Å². The lowest BCUT2D eigenvalue weighted by molar-refractivity contribution is 0.00311. The van der Waals surface area contributed by atoms with E-state index >= 15 is 0 Å². The minimum Gasteiger partial charge on any atom is -0.441 e. The molecule has 0 radical (unpaired) electrons. The van der Waals surface area contributed by atoms with Gasteiger partial charge in [-0.3, -0.25) is 14.6 Å². The number of ether oxygens (including phenoxy) is 1. The third kappa shape index (κ3) is 4.62. The van der Waals surface area contributed by atoms with Gasteiger partial charge in [0.2, 0.25) is 0 Å². The SMILES string of the molecule is CC(C)N1CCN(CCN2CC3(CCN(C(=O)c4ccccc4)CC3)OC2=O)CC1. The number of hydrogen-bond acceptors (Lipinski definition) is 5. The molecule has 4 rings (SSSR count). The zero-order chi connectivity index (χ0) is 21.1. The fraction of sp³-hybridized carbons (Fsp3) is 0.652. The van der Waals surface area contributed by atoms with Gasteiger partial charge in [-0.2, -0.15) is 0 Å². The summed E-state index contributed by atoms with van der Waals surface area (Å²) in [6.07, 6.45) is 1.22. The largest absolute Gasteiger partial charge is 0.441 e. The van der Waals surface area contributed by atoms with E-state index in [1.807, 2.05) is 40.1 Å². The molecule has 3 saturated heterocycles. The quantitative estimate of drug-likeness (QED) is 0.739. The summed E-state index contributed by atoms with van der Waals surface area (Å²) in [7, 11) is 0. The van der Waals surface area contributed by atoms with Crippen LogP contribution in [0.15, 0.2) is 30.3 Å². The summed E-state index contributed by atoms with van der Waals surface area (Å²) in [5.41, 5.74) is 0.289. The molecule has 0 N–H and O–H groups in total. The number of nitrogens with zero attached hydrogens (tertiary/aromatic N) is 4. The van der Waals surface area contributed by atoms with Gasteiger partial charge in [-0.05, 0) is 26.0 Å². The summed E-state index contributed by atoms with van der Waals surface area (Å²) >= 11 is 0. The third-order valence-corrected chi connectivity index (χ3v) is 6.85. The number of hydrogen-bond donors (Lipinski definition) is 0. The molecule has 3 aliphatic heterocycles. The molecule has 1 spiro atoms. The van der Waals surface area contributed by atoms with Crippen molar-refractivity contribution in [2.45, 2.75) is 38.3 Å². The van der Waals surface area contributed by atoms with Crippen molar-refractivity contribution >= 4 is 12.0 Å². The van der Waals surface area contributed by atoms with Crippen LogP contribution in [-0.2, 0) is 4.74 Å². The number of piperazine rings is 1. The van der Waals surface area contributed by atoms with Crippen molar-refractivity contribution in [3.8, 4) is 0 Å². The molecule has 1 aromatic rings. The zero-order valence-electron chi connectivity index (χ0n) is 18.3. The Balaban J connectivity index is 1.24. The highest BCUT2D eigenvalue weighted by Crippen LogP contribution is 2.33. The van der Waals surface area contributed by atoms with Crippen molar-refractivity contribution in [3.63, 3.8) is 0 Å². The maximum Gasteiger partial charge on any atom is 0.410 e. The monoisotopic (exact) mass is 414 g/mol. The van der Waals surface area contributed by atoms with Crippen molar-refractivity contribution in [2.75, 3.05) is 58.9 Å². The standard InChI is InChI=1S/C23H34N4O3/c1-19(2)25-15-12-24(13-16-25)14-17-27-18-23(30-22(27)29)8-10-26(11-9-23)21(28)20-6-4-3-5-7-20/h3-7,19H,8-18H2,1-2H3. The Kier molecular flexibility index (Phi) is 6.29. The van der Waals surface area contributed by atoms with Crippen LogP contribution >= 0.6 is 0 Å². The first-order valence-corrected chi connectivity index (χ1v) is 11.2. The molecule has 3 aliphatic rings. The second-order valence-corrected chi connectivity index (χ2v) is 9.10. The van der Waals surface area contributed by atoms with E-state index in [9.17, 15) is 9.59 Å². The summed E-state index contributed by atoms with van der Waals surface area (Å²) in [6.45, 7) is 12.3. The van der Waals surface area contributed by atoms with Crippen molar-refractivity contribution in [1.29, 1.82) is 0 Å². The van der Waals surface area contributed by atoms with E-state index in [-0.39, 0.29) is 12.0 Å². The van der Waals surface area contributed by atoms with E-state index in [1.165, 1.54) is 0 Å². The van der Waals surface area contributed by atoms with Crippen LogP contribution in [0.4, 0.5) is 4.79 Å². The molecule has 0 unspecified atom stereocenters. The van der Waals surface area contributed by atoms with Gasteiger partial charge in [0.1, 0.15) is 5.60 Å². The number of amides is 2. The number of likely N-dealkylation sites (tertiary alicyclic amines) is 1. The van der Waals surface area contributed by atoms with Crippen molar-refractivity contribution < 1.29 is 14.3 Å². The van der Waals surface area contributed by atoms with Gasteiger partial charge in [0.15, 0.2) is 0 Å². The molecule has 2 amide bonds. The van der Waals surface area contributed by atoms with Gasteiger partial charge in [-0.25, -0.2) is 4.79 Å². The van der Waals surface area contributed by atoms with E-state index < -0.39 is 5.60 Å². The fourth-order valence-electron chi connectivity index (χ4n) is 4.77. The maximum absolute atomic E-state index is 12.7. The average Bonchev–Trinajstić information content (AvgIpc) is 3.08. The molecule has 0 aliphatic carbocycles. The van der Waals surface area contributed by atoms with Gasteiger partial charge in [-0.1, -0.05) is 18.2 Å². The Hall–Kier alpha value is -2.12. The Morgan fingerprint density at radius 3 is 2.30 bits per heavy atom. The lowest BCUT2D eigenvalue weighted by Crippen LogP contribution is -2.51. The first kappa shape index (κ1) is 21.1. The lowest BCUT2D eigenvalue weighted by Gasteiger charge is -2.38. The average molecular weight is 415 g/mol. The Morgan fingerprint density at radius 2 is 1.67 bits per heavy atom. The molecule has 7 nitrogen and oxygen atoms in total. The van der Waals surface area contributed by atoms with Crippen LogP contribution in [0.1, 0.15) is 37.0 Å². The topological polar surface area (TPSA) is 56.3 Å². The van der Waals surface area contributed by atoms with Crippen molar-refractivity contribution in [1.82, 2.24) is 19.6 Å². The second kappa shape index (κ2) is 8.94. The molecule has 3 fully saturated rings. The Labute approximate surface area is 179 Å². The van der Waals surface area contributed by atoms with E-state index in [1.54, 1.807) is 0 Å². The van der Waals surface area contributed by atoms with E-state index in [0.717, 1.165) is 44.8 Å². The maximum atomic E-state index is 12.7. The van der Waals surface area contributed by atoms with E-state index in [4.69, 9.17) is 4.74 Å². The minimum absolute atomic E-state index is 0.0622. The molecule has 0 bridgehead atoms. The molecule has 0 saturated carbocycles. The molecule has 1 aromatic carbocycles. The highest BCUT2D eigenvalue weighted by atomic mass is 16.6. The first-order chi connectivity index (χ1) is 14.5. The van der Waals surface area contributed by atoms with E-state index in [2.05, 4.69) is 23.6 Å².